The van der Waals surface area contributed by atoms with Gasteiger partial charge in [-0.1, -0.05) is 115 Å². The molecule has 394 valence electrons. The molecule has 0 saturated carbocycles. The third-order valence-electron chi connectivity index (χ3n) is 11.3. The molecule has 0 fully saturated rings. The van der Waals surface area contributed by atoms with E-state index in [0.29, 0.717) is 33.4 Å². The molecule has 0 aliphatic rings. The van der Waals surface area contributed by atoms with E-state index in [1.165, 1.54) is 78.9 Å². The molecule has 12 N–H and O–H groups in total. The number of hydrogen-bond donors (Lipinski definition) is 12. The van der Waals surface area contributed by atoms with Crippen LogP contribution in [0.2, 0.25) is 0 Å². The average Bonchev–Trinajstić information content (AvgIpc) is 3.41. The van der Waals surface area contributed by atoms with E-state index >= 15 is 0 Å². The number of phenols is 12. The number of aromatic hydroxyl groups is 12. The van der Waals surface area contributed by atoms with Gasteiger partial charge in [0.05, 0.1) is 6.42 Å². The topological polar surface area (TPSA) is 277 Å². The van der Waals surface area contributed by atoms with Crippen LogP contribution >= 0.6 is 0 Å². The second kappa shape index (κ2) is 26.9. The average molecular weight is 1050 g/mol. The van der Waals surface area contributed by atoms with Crippen molar-refractivity contribution < 1.29 is 70.9 Å². The lowest BCUT2D eigenvalue weighted by Crippen LogP contribution is -2.01. The van der Waals surface area contributed by atoms with E-state index < -0.39 is 0 Å². The molecule has 0 aliphatic heterocycles. The fourth-order valence-electron chi connectivity index (χ4n) is 6.99. The van der Waals surface area contributed by atoms with Crippen LogP contribution in [0.1, 0.15) is 67.6 Å². The number of phenolic OH excluding ortho intramolecular Hbond substituents is 12. The Morgan fingerprint density at radius 1 is 0.282 bits per heavy atom. The first kappa shape index (κ1) is 56.4. The van der Waals surface area contributed by atoms with Crippen molar-refractivity contribution in [3.8, 4) is 69.0 Å². The minimum atomic E-state index is -0.381. The molecule has 0 atom stereocenters. The summed E-state index contributed by atoms with van der Waals surface area (Å²) in [6, 6.07) is 39.6. The highest BCUT2D eigenvalue weighted by atomic mass is 16.3. The number of carbonyl (C=O) groups excluding carboxylic acids is 2. The first-order valence-corrected chi connectivity index (χ1v) is 23.7. The van der Waals surface area contributed by atoms with Crippen LogP contribution in [-0.4, -0.2) is 72.8 Å². The van der Waals surface area contributed by atoms with Gasteiger partial charge in [0, 0.05) is 17.2 Å². The predicted molar refractivity (Wildman–Crippen MR) is 305 cm³/mol. The van der Waals surface area contributed by atoms with Gasteiger partial charge < -0.3 is 61.3 Å². The second-order valence-corrected chi connectivity index (χ2v) is 17.4. The lowest BCUT2D eigenvalue weighted by Gasteiger charge is -2.05. The Morgan fingerprint density at radius 2 is 0.615 bits per heavy atom. The first-order valence-electron chi connectivity index (χ1n) is 23.7. The molecule has 0 aromatic heterocycles. The van der Waals surface area contributed by atoms with Crippen LogP contribution in [0, 0.1) is 6.92 Å². The molecule has 14 heteroatoms. The highest BCUT2D eigenvalue weighted by Crippen LogP contribution is 2.32. The highest BCUT2D eigenvalue weighted by molar-refractivity contribution is 6.11. The van der Waals surface area contributed by atoms with Gasteiger partial charge in [0.2, 0.25) is 0 Å². The third-order valence-corrected chi connectivity index (χ3v) is 11.3. The maximum Gasteiger partial charge on any atom is 0.163 e. The summed E-state index contributed by atoms with van der Waals surface area (Å²) in [5, 5.41) is 115. The van der Waals surface area contributed by atoms with Gasteiger partial charge in [-0.25, -0.2) is 0 Å². The van der Waals surface area contributed by atoms with Crippen molar-refractivity contribution in [1.29, 1.82) is 0 Å². The van der Waals surface area contributed by atoms with E-state index in [9.17, 15) is 70.9 Å². The standard InChI is InChI=1S/C22H18O5.C22H18O4.C20H18O5/c23-18-10-16(3-1-14-5-7-19(24)21(26)12-14)9-17(11-18)4-2-15-6-8-20(25)22(27)13-15;23-19-9-3-15(4-10-19)1-7-17-13-18(22(26)14-21(17)25)8-2-16-5-11-20(24)12-6-16;1-13-2-3-14(10-19(13)24)4-7-16(21)12-17(22)8-5-15-6-9-18(23)20(25)11-15/h1-13,23-27H;1-14,23-26H;2-11,23-25H,12H2,1H3/b3-1+,4-2+;7-1+,8-2+;7-4+,8-5+. The van der Waals surface area contributed by atoms with Crippen molar-refractivity contribution in [2.45, 2.75) is 13.3 Å². The van der Waals surface area contributed by atoms with Crippen LogP contribution in [0.4, 0.5) is 0 Å². The van der Waals surface area contributed by atoms with Gasteiger partial charge in [-0.3, -0.25) is 9.59 Å². The van der Waals surface area contributed by atoms with Crippen LogP contribution in [0.25, 0.3) is 60.8 Å². The fourth-order valence-corrected chi connectivity index (χ4v) is 6.99. The zero-order chi connectivity index (χ0) is 56.3. The molecule has 0 heterocycles. The molecular formula is C64H54O14. The number of benzene rings is 8. The number of allylic oxidation sites excluding steroid dienone is 2. The summed E-state index contributed by atoms with van der Waals surface area (Å²) in [6.45, 7) is 1.77. The lowest BCUT2D eigenvalue weighted by molar-refractivity contribution is -0.121. The smallest absolute Gasteiger partial charge is 0.163 e. The van der Waals surface area contributed by atoms with Crippen LogP contribution in [-0.2, 0) is 9.59 Å². The quantitative estimate of drug-likeness (QED) is 0.0209. The molecule has 14 nitrogen and oxygen atoms in total. The van der Waals surface area contributed by atoms with Gasteiger partial charge in [0.15, 0.2) is 46.1 Å². The number of hydrogen-bond acceptors (Lipinski definition) is 14. The Labute approximate surface area is 448 Å². The monoisotopic (exact) mass is 1050 g/mol. The highest BCUT2D eigenvalue weighted by Gasteiger charge is 2.08. The van der Waals surface area contributed by atoms with Crippen molar-refractivity contribution in [2.24, 2.45) is 0 Å². The largest absolute Gasteiger partial charge is 0.508 e. The normalized spacial score (nSPS) is 11.3. The molecule has 0 aliphatic carbocycles. The van der Waals surface area contributed by atoms with Gasteiger partial charge in [-0.2, -0.15) is 0 Å². The first-order chi connectivity index (χ1) is 37.3. The van der Waals surface area contributed by atoms with Crippen molar-refractivity contribution in [2.75, 3.05) is 0 Å². The summed E-state index contributed by atoms with van der Waals surface area (Å²) < 4.78 is 0. The Balaban J connectivity index is 0.000000189. The zero-order valence-electron chi connectivity index (χ0n) is 41.8. The van der Waals surface area contributed by atoms with Crippen LogP contribution in [0.15, 0.2) is 164 Å². The van der Waals surface area contributed by atoms with Crippen LogP contribution in [0.3, 0.4) is 0 Å². The molecule has 8 rings (SSSR count). The Hall–Kier alpha value is -10.9. The molecule has 8 aromatic carbocycles. The summed E-state index contributed by atoms with van der Waals surface area (Å²) in [5.74, 6) is -1.47. The molecule has 0 radical (unpaired) electrons. The lowest BCUT2D eigenvalue weighted by atomic mass is 10.0. The second-order valence-electron chi connectivity index (χ2n) is 17.4. The van der Waals surface area contributed by atoms with E-state index in [4.69, 9.17) is 0 Å². The van der Waals surface area contributed by atoms with Crippen molar-refractivity contribution in [3.05, 3.63) is 225 Å². The van der Waals surface area contributed by atoms with Crippen molar-refractivity contribution >= 4 is 72.3 Å². The molecule has 0 spiro atoms. The summed E-state index contributed by atoms with van der Waals surface area (Å²) in [5.41, 5.74) is 7.68. The minimum Gasteiger partial charge on any atom is -0.508 e. The maximum atomic E-state index is 11.8. The van der Waals surface area contributed by atoms with Crippen LogP contribution < -0.4 is 0 Å². The fraction of sp³-hybridized carbons (Fsp3) is 0.0312. The van der Waals surface area contributed by atoms with E-state index in [1.807, 2.05) is 6.07 Å². The van der Waals surface area contributed by atoms with Gasteiger partial charge in [-0.05, 0) is 160 Å². The van der Waals surface area contributed by atoms with E-state index in [1.54, 1.807) is 147 Å². The Kier molecular flexibility index (Phi) is 19.5. The summed E-state index contributed by atoms with van der Waals surface area (Å²) in [6.07, 6.45) is 19.4. The van der Waals surface area contributed by atoms with Crippen LogP contribution in [0.5, 0.6) is 69.0 Å². The molecule has 8 aromatic rings. The van der Waals surface area contributed by atoms with Crippen molar-refractivity contribution in [1.82, 2.24) is 0 Å². The summed E-state index contributed by atoms with van der Waals surface area (Å²) in [7, 11) is 0. The Morgan fingerprint density at radius 3 is 1.00 bits per heavy atom. The van der Waals surface area contributed by atoms with Gasteiger partial charge >= 0.3 is 0 Å². The summed E-state index contributed by atoms with van der Waals surface area (Å²) >= 11 is 0. The minimum absolute atomic E-state index is 0.0284. The van der Waals surface area contributed by atoms with E-state index in [2.05, 4.69) is 0 Å². The molecule has 0 saturated heterocycles. The summed E-state index contributed by atoms with van der Waals surface area (Å²) in [4.78, 5) is 23.6. The predicted octanol–water partition coefficient (Wildman–Crippen LogP) is 12.8. The zero-order valence-corrected chi connectivity index (χ0v) is 41.8. The van der Waals surface area contributed by atoms with Gasteiger partial charge in [-0.15, -0.1) is 0 Å². The molecular weight excluding hydrogens is 993 g/mol. The van der Waals surface area contributed by atoms with Gasteiger partial charge in [0.1, 0.15) is 34.5 Å². The number of ketones is 2. The number of aryl methyl sites for hydroxylation is 1. The maximum absolute atomic E-state index is 11.8. The molecule has 0 unspecified atom stereocenters. The number of carbonyl (C=O) groups is 2. The molecule has 78 heavy (non-hydrogen) atoms. The Bertz CT molecular complexity index is 3380. The van der Waals surface area contributed by atoms with E-state index in [0.717, 1.165) is 27.8 Å². The SMILES string of the molecule is Cc1ccc(/C=C/C(=O)CC(=O)/C=C/c2ccc(O)c(O)c2)cc1O.Oc1cc(/C=C/c2ccc(O)c(O)c2)cc(/C=C/c2ccc(O)c(O)c2)c1.Oc1ccc(/C=C/c2cc(/C=C/c3ccc(O)cc3)c(O)cc2O)cc1. The van der Waals surface area contributed by atoms with Gasteiger partial charge in [0.25, 0.3) is 0 Å². The van der Waals surface area contributed by atoms with Crippen molar-refractivity contribution in [3.63, 3.8) is 0 Å². The third kappa shape index (κ3) is 17.7. The van der Waals surface area contributed by atoms with E-state index in [-0.39, 0.29) is 87.0 Å². The molecule has 0 amide bonds. The number of rotatable bonds is 14. The molecule has 0 bridgehead atoms.